The smallest absolute Gasteiger partial charge is 0.410 e. The Hall–Kier alpha value is -1.51. The molecule has 1 aliphatic heterocycles. The number of cyclic esters (lactones) is 1. The van der Waals surface area contributed by atoms with Gasteiger partial charge in [-0.25, -0.2) is 4.79 Å². The summed E-state index contributed by atoms with van der Waals surface area (Å²) in [5, 5.41) is 2.51. The van der Waals surface area contributed by atoms with E-state index in [2.05, 4.69) is 18.5 Å². The van der Waals surface area contributed by atoms with Crippen LogP contribution in [-0.2, 0) is 4.74 Å². The minimum Gasteiger partial charge on any atom is -0.410 e. The van der Waals surface area contributed by atoms with Crippen molar-refractivity contribution in [3.63, 3.8) is 0 Å². The fraction of sp³-hybridized carbons (Fsp3) is 0.300. The predicted molar refractivity (Wildman–Crippen MR) is 53.3 cm³/mol. The van der Waals surface area contributed by atoms with E-state index in [9.17, 15) is 4.79 Å². The van der Waals surface area contributed by atoms with Crippen LogP contribution >= 0.6 is 0 Å². The molecule has 0 fully saturated rings. The third kappa shape index (κ3) is 3.15. The van der Waals surface area contributed by atoms with Crippen LogP contribution < -0.4 is 5.32 Å². The van der Waals surface area contributed by atoms with Crippen molar-refractivity contribution in [3.8, 4) is 0 Å². The third-order valence-electron chi connectivity index (χ3n) is 1.37. The van der Waals surface area contributed by atoms with E-state index in [1.807, 2.05) is 13.8 Å². The van der Waals surface area contributed by atoms with Gasteiger partial charge in [-0.15, -0.1) is 0 Å². The highest BCUT2D eigenvalue weighted by Gasteiger charge is 2.14. The largest absolute Gasteiger partial charge is 0.412 e. The second kappa shape index (κ2) is 6.06. The number of rotatable bonds is 2. The van der Waals surface area contributed by atoms with E-state index in [1.165, 1.54) is 6.08 Å². The maximum Gasteiger partial charge on any atom is 0.412 e. The molecule has 0 atom stereocenters. The third-order valence-corrected chi connectivity index (χ3v) is 1.37. The number of nitrogens with one attached hydrogen (secondary N) is 1. The van der Waals surface area contributed by atoms with E-state index >= 15 is 0 Å². The summed E-state index contributed by atoms with van der Waals surface area (Å²) in [7, 11) is 0. The lowest BCUT2D eigenvalue weighted by molar-refractivity contribution is 0.174. The zero-order valence-corrected chi connectivity index (χ0v) is 8.09. The molecule has 0 saturated carbocycles. The zero-order valence-electron chi connectivity index (χ0n) is 8.09. The van der Waals surface area contributed by atoms with E-state index < -0.39 is 6.09 Å². The SMILES string of the molecule is C=CC1=C(C=C)OC(=O)NC1.CC. The quantitative estimate of drug-likeness (QED) is 0.710. The molecule has 0 aromatic heterocycles. The molecule has 3 heteroatoms. The standard InChI is InChI=1S/C8H9NO2.C2H6/c1-3-6-5-9-8(10)11-7(6)4-2;1-2/h3-4H,1-2,5H2,(H,9,10);1-2H3. The van der Waals surface area contributed by atoms with Crippen LogP contribution in [-0.4, -0.2) is 12.6 Å². The van der Waals surface area contributed by atoms with E-state index in [0.29, 0.717) is 12.3 Å². The molecule has 13 heavy (non-hydrogen) atoms. The Morgan fingerprint density at radius 2 is 2.00 bits per heavy atom. The first-order valence-electron chi connectivity index (χ1n) is 4.21. The molecule has 0 spiro atoms. The highest BCUT2D eigenvalue weighted by molar-refractivity contribution is 5.71. The normalized spacial score (nSPS) is 14.8. The first-order chi connectivity index (χ1) is 6.27. The van der Waals surface area contributed by atoms with E-state index in [4.69, 9.17) is 4.74 Å². The summed E-state index contributed by atoms with van der Waals surface area (Å²) in [5.74, 6) is 0.490. The monoisotopic (exact) mass is 181 g/mol. The Bertz CT molecular complexity index is 241. The summed E-state index contributed by atoms with van der Waals surface area (Å²) in [6.07, 6.45) is 2.69. The van der Waals surface area contributed by atoms with Crippen molar-refractivity contribution in [2.24, 2.45) is 0 Å². The number of alkyl carbamates (subject to hydrolysis) is 1. The maximum atomic E-state index is 10.6. The topological polar surface area (TPSA) is 38.3 Å². The van der Waals surface area contributed by atoms with E-state index in [-0.39, 0.29) is 0 Å². The van der Waals surface area contributed by atoms with Crippen molar-refractivity contribution < 1.29 is 9.53 Å². The van der Waals surface area contributed by atoms with Gasteiger partial charge in [0.15, 0.2) is 0 Å². The van der Waals surface area contributed by atoms with Crippen LogP contribution in [0.3, 0.4) is 0 Å². The molecule has 0 saturated heterocycles. The predicted octanol–water partition coefficient (Wildman–Crippen LogP) is 2.38. The summed E-state index contributed by atoms with van der Waals surface area (Å²) in [6, 6.07) is 0. The molecule has 0 radical (unpaired) electrons. The molecule has 72 valence electrons. The molecule has 0 bridgehead atoms. The van der Waals surface area contributed by atoms with Gasteiger partial charge in [-0.1, -0.05) is 33.1 Å². The van der Waals surface area contributed by atoms with Crippen LogP contribution in [0.4, 0.5) is 4.79 Å². The summed E-state index contributed by atoms with van der Waals surface area (Å²) in [4.78, 5) is 10.6. The number of ether oxygens (including phenoxy) is 1. The summed E-state index contributed by atoms with van der Waals surface area (Å²) in [6.45, 7) is 11.5. The van der Waals surface area contributed by atoms with Crippen molar-refractivity contribution in [1.82, 2.24) is 5.32 Å². The minimum atomic E-state index is -0.439. The van der Waals surface area contributed by atoms with Crippen molar-refractivity contribution >= 4 is 6.09 Å². The lowest BCUT2D eigenvalue weighted by atomic mass is 10.2. The molecule has 1 amide bonds. The summed E-state index contributed by atoms with van der Waals surface area (Å²) < 4.78 is 4.78. The van der Waals surface area contributed by atoms with Gasteiger partial charge in [0.05, 0.1) is 0 Å². The Morgan fingerprint density at radius 3 is 2.46 bits per heavy atom. The number of allylic oxidation sites excluding steroid dienone is 1. The van der Waals surface area contributed by atoms with Gasteiger partial charge in [0.2, 0.25) is 0 Å². The highest BCUT2D eigenvalue weighted by Crippen LogP contribution is 2.11. The van der Waals surface area contributed by atoms with Gasteiger partial charge in [0, 0.05) is 12.1 Å². The molecule has 0 aliphatic carbocycles. The molecule has 0 aromatic carbocycles. The molecule has 1 aliphatic rings. The molecule has 1 rings (SSSR count). The average Bonchev–Trinajstić information content (AvgIpc) is 2.20. The Kier molecular flexibility index (Phi) is 5.35. The van der Waals surface area contributed by atoms with Crippen molar-refractivity contribution in [1.29, 1.82) is 0 Å². The Labute approximate surface area is 78.8 Å². The van der Waals surface area contributed by atoms with Gasteiger partial charge in [-0.3, -0.25) is 0 Å². The van der Waals surface area contributed by atoms with Gasteiger partial charge in [-0.05, 0) is 6.08 Å². The fourth-order valence-electron chi connectivity index (χ4n) is 0.802. The number of carbonyl (C=O) groups is 1. The lowest BCUT2D eigenvalue weighted by Gasteiger charge is -2.15. The number of carbonyl (C=O) groups excluding carboxylic acids is 1. The van der Waals surface area contributed by atoms with Gasteiger partial charge in [-0.2, -0.15) is 0 Å². The first kappa shape index (κ1) is 11.5. The average molecular weight is 181 g/mol. The van der Waals surface area contributed by atoms with E-state index in [1.54, 1.807) is 6.08 Å². The second-order valence-corrected chi connectivity index (χ2v) is 2.04. The van der Waals surface area contributed by atoms with Crippen LogP contribution in [0.2, 0.25) is 0 Å². The number of hydrogen-bond donors (Lipinski definition) is 1. The zero-order chi connectivity index (χ0) is 10.3. The van der Waals surface area contributed by atoms with Gasteiger partial charge in [0.1, 0.15) is 5.76 Å². The molecular weight excluding hydrogens is 166 g/mol. The number of hydrogen-bond acceptors (Lipinski definition) is 2. The lowest BCUT2D eigenvalue weighted by Crippen LogP contribution is -2.30. The van der Waals surface area contributed by atoms with Gasteiger partial charge in [0.25, 0.3) is 0 Å². The molecule has 1 N–H and O–H groups in total. The van der Waals surface area contributed by atoms with Gasteiger partial charge >= 0.3 is 6.09 Å². The highest BCUT2D eigenvalue weighted by atomic mass is 16.6. The molecule has 1 heterocycles. The Morgan fingerprint density at radius 1 is 1.38 bits per heavy atom. The van der Waals surface area contributed by atoms with Crippen LogP contribution in [0.25, 0.3) is 0 Å². The van der Waals surface area contributed by atoms with Crippen LogP contribution in [0.1, 0.15) is 13.8 Å². The molecule has 3 nitrogen and oxygen atoms in total. The van der Waals surface area contributed by atoms with E-state index in [0.717, 1.165) is 5.57 Å². The second-order valence-electron chi connectivity index (χ2n) is 2.04. The van der Waals surface area contributed by atoms with Crippen molar-refractivity contribution in [3.05, 3.63) is 36.6 Å². The summed E-state index contributed by atoms with van der Waals surface area (Å²) in [5.41, 5.74) is 0.847. The van der Waals surface area contributed by atoms with Crippen LogP contribution in [0, 0.1) is 0 Å². The van der Waals surface area contributed by atoms with Crippen molar-refractivity contribution in [2.75, 3.05) is 6.54 Å². The summed E-state index contributed by atoms with van der Waals surface area (Å²) >= 11 is 0. The molecular formula is C10H15NO2. The van der Waals surface area contributed by atoms with Crippen LogP contribution in [0.5, 0.6) is 0 Å². The number of amides is 1. The van der Waals surface area contributed by atoms with Crippen molar-refractivity contribution in [2.45, 2.75) is 13.8 Å². The maximum absolute atomic E-state index is 10.6. The first-order valence-corrected chi connectivity index (χ1v) is 4.21. The molecule has 0 aromatic rings. The van der Waals surface area contributed by atoms with Gasteiger partial charge < -0.3 is 10.1 Å². The Balaban J connectivity index is 0.000000671. The molecule has 0 unspecified atom stereocenters. The fourth-order valence-corrected chi connectivity index (χ4v) is 0.802. The van der Waals surface area contributed by atoms with Crippen LogP contribution in [0.15, 0.2) is 36.6 Å². The minimum absolute atomic E-state index is 0.439.